The Bertz CT molecular complexity index is 1140. The number of hydrogen-bond donors (Lipinski definition) is 0. The highest BCUT2D eigenvalue weighted by Gasteiger charge is 2.05. The predicted octanol–water partition coefficient (Wildman–Crippen LogP) is 6.50. The molecule has 0 unspecified atom stereocenters. The third-order valence-electron chi connectivity index (χ3n) is 5.09. The molecule has 4 aromatic rings. The van der Waals surface area contributed by atoms with E-state index in [1.807, 2.05) is 11.3 Å². The van der Waals surface area contributed by atoms with E-state index in [0.717, 1.165) is 13.0 Å². The van der Waals surface area contributed by atoms with Gasteiger partial charge in [-0.1, -0.05) is 31.2 Å². The lowest BCUT2D eigenvalue weighted by atomic mass is 10.1. The van der Waals surface area contributed by atoms with E-state index in [0.29, 0.717) is 0 Å². The van der Waals surface area contributed by atoms with E-state index in [-0.39, 0.29) is 0 Å². The molecule has 0 N–H and O–H groups in total. The van der Waals surface area contributed by atoms with Gasteiger partial charge in [-0.15, -0.1) is 11.3 Å². The topological polar surface area (TPSA) is 7.12 Å². The molecule has 29 heavy (non-hydrogen) atoms. The van der Waals surface area contributed by atoms with Crippen LogP contribution in [-0.2, 0) is 6.54 Å². The zero-order chi connectivity index (χ0) is 20.2. The molecule has 146 valence electrons. The Morgan fingerprint density at radius 1 is 0.862 bits per heavy atom. The van der Waals surface area contributed by atoms with Crippen molar-refractivity contribution >= 4 is 39.9 Å². The van der Waals surface area contributed by atoms with Crippen LogP contribution in [-0.4, -0.2) is 14.1 Å². The van der Waals surface area contributed by atoms with Crippen LogP contribution in [0.2, 0.25) is 0 Å². The van der Waals surface area contributed by atoms with Crippen LogP contribution in [0.3, 0.4) is 0 Å². The average molecular weight is 400 g/mol. The summed E-state index contributed by atoms with van der Waals surface area (Å²) in [6.07, 6.45) is 9.86. The van der Waals surface area contributed by atoms with Crippen LogP contribution in [0.5, 0.6) is 0 Å². The minimum absolute atomic E-state index is 1.07. The number of hydrogen-bond acceptors (Lipinski definition) is 2. The number of aromatic nitrogens is 1. The molecule has 0 fully saturated rings. The molecule has 2 aromatic heterocycles. The van der Waals surface area contributed by atoms with Crippen molar-refractivity contribution in [2.24, 2.45) is 0 Å². The smallest absolute Gasteiger partial charge is 0.169 e. The third-order valence-corrected chi connectivity index (χ3v) is 6.19. The molecule has 0 aliphatic heterocycles. The lowest BCUT2D eigenvalue weighted by molar-refractivity contribution is -0.697. The van der Waals surface area contributed by atoms with Crippen molar-refractivity contribution in [3.8, 4) is 10.4 Å². The Hall–Kier alpha value is -2.91. The first-order valence-corrected chi connectivity index (χ1v) is 10.9. The van der Waals surface area contributed by atoms with E-state index in [1.165, 1.54) is 37.3 Å². The Balaban J connectivity index is 1.53. The number of thiophene rings is 1. The highest BCUT2D eigenvalue weighted by atomic mass is 32.1. The fourth-order valence-electron chi connectivity index (χ4n) is 3.43. The molecule has 2 nitrogen and oxygen atoms in total. The molecular formula is C26H27N2S+. The van der Waals surface area contributed by atoms with Crippen molar-refractivity contribution in [3.63, 3.8) is 0 Å². The minimum Gasteiger partial charge on any atom is -0.378 e. The predicted molar refractivity (Wildman–Crippen MR) is 127 cm³/mol. The first-order chi connectivity index (χ1) is 14.1. The van der Waals surface area contributed by atoms with Crippen LogP contribution in [0.25, 0.3) is 33.4 Å². The fraction of sp³-hybridized carbons (Fsp3) is 0.192. The molecule has 0 saturated heterocycles. The summed E-state index contributed by atoms with van der Waals surface area (Å²) in [5.74, 6) is 0. The summed E-state index contributed by atoms with van der Waals surface area (Å²) in [6, 6.07) is 22.1. The monoisotopic (exact) mass is 399 g/mol. The average Bonchev–Trinajstić information content (AvgIpc) is 3.22. The molecule has 0 aliphatic rings. The molecule has 4 rings (SSSR count). The number of fused-ring (bicyclic) bond motifs is 1. The molecule has 2 aromatic carbocycles. The summed E-state index contributed by atoms with van der Waals surface area (Å²) >= 11 is 1.83. The van der Waals surface area contributed by atoms with Gasteiger partial charge in [-0.05, 0) is 58.3 Å². The highest BCUT2D eigenvalue weighted by Crippen LogP contribution is 2.32. The van der Waals surface area contributed by atoms with E-state index in [9.17, 15) is 0 Å². The molecule has 0 amide bonds. The third kappa shape index (κ3) is 4.57. The van der Waals surface area contributed by atoms with Gasteiger partial charge >= 0.3 is 0 Å². The van der Waals surface area contributed by atoms with E-state index in [1.54, 1.807) is 0 Å². The van der Waals surface area contributed by atoms with Gasteiger partial charge in [-0.25, -0.2) is 4.57 Å². The van der Waals surface area contributed by atoms with Crippen LogP contribution in [0.4, 0.5) is 5.69 Å². The first-order valence-electron chi connectivity index (χ1n) is 10.1. The van der Waals surface area contributed by atoms with Crippen molar-refractivity contribution in [2.75, 3.05) is 19.0 Å². The van der Waals surface area contributed by atoms with Gasteiger partial charge in [0.25, 0.3) is 0 Å². The van der Waals surface area contributed by atoms with E-state index in [2.05, 4.69) is 116 Å². The molecule has 0 saturated carbocycles. The largest absolute Gasteiger partial charge is 0.378 e. The molecular weight excluding hydrogens is 372 g/mol. The second kappa shape index (κ2) is 8.62. The van der Waals surface area contributed by atoms with Crippen molar-refractivity contribution < 1.29 is 4.57 Å². The maximum Gasteiger partial charge on any atom is 0.169 e. The second-order valence-corrected chi connectivity index (χ2v) is 8.66. The Labute approximate surface area is 177 Å². The van der Waals surface area contributed by atoms with E-state index in [4.69, 9.17) is 0 Å². The SMILES string of the molecule is CCC[n+]1ccc(/C=C/c2ccc(-c3ccc4cc(N(C)C)ccc4c3)s2)cc1. The second-order valence-electron chi connectivity index (χ2n) is 7.55. The summed E-state index contributed by atoms with van der Waals surface area (Å²) in [5.41, 5.74) is 3.74. The number of nitrogens with zero attached hydrogens (tertiary/aromatic N) is 2. The molecule has 0 atom stereocenters. The number of benzene rings is 2. The van der Waals surface area contributed by atoms with Gasteiger partial charge in [0.1, 0.15) is 6.54 Å². The van der Waals surface area contributed by atoms with Crippen LogP contribution >= 0.6 is 11.3 Å². The molecule has 0 bridgehead atoms. The van der Waals surface area contributed by atoms with Crippen LogP contribution in [0.1, 0.15) is 23.8 Å². The summed E-state index contributed by atoms with van der Waals surface area (Å²) in [7, 11) is 4.16. The van der Waals surface area contributed by atoms with Crippen molar-refractivity contribution in [1.82, 2.24) is 0 Å². The van der Waals surface area contributed by atoms with E-state index < -0.39 is 0 Å². The van der Waals surface area contributed by atoms with Gasteiger partial charge in [0.15, 0.2) is 12.4 Å². The Morgan fingerprint density at radius 2 is 1.62 bits per heavy atom. The lowest BCUT2D eigenvalue weighted by Crippen LogP contribution is -2.31. The number of rotatable bonds is 6. The van der Waals surface area contributed by atoms with Gasteiger partial charge in [-0.2, -0.15) is 0 Å². The van der Waals surface area contributed by atoms with Gasteiger partial charge in [-0.3, -0.25) is 0 Å². The van der Waals surface area contributed by atoms with Gasteiger partial charge in [0, 0.05) is 48.1 Å². The molecule has 2 heterocycles. The summed E-state index contributed by atoms with van der Waals surface area (Å²) in [4.78, 5) is 4.71. The first kappa shape index (κ1) is 19.4. The highest BCUT2D eigenvalue weighted by molar-refractivity contribution is 7.16. The normalized spacial score (nSPS) is 11.4. The maximum absolute atomic E-state index is 2.29. The van der Waals surface area contributed by atoms with Crippen molar-refractivity contribution in [1.29, 1.82) is 0 Å². The zero-order valence-corrected chi connectivity index (χ0v) is 18.1. The summed E-state index contributed by atoms with van der Waals surface area (Å²) in [5, 5.41) is 2.56. The van der Waals surface area contributed by atoms with E-state index >= 15 is 0 Å². The van der Waals surface area contributed by atoms with Crippen molar-refractivity contribution in [2.45, 2.75) is 19.9 Å². The fourth-order valence-corrected chi connectivity index (χ4v) is 4.33. The molecule has 0 spiro atoms. The van der Waals surface area contributed by atoms with Gasteiger partial charge < -0.3 is 4.90 Å². The van der Waals surface area contributed by atoms with Gasteiger partial charge in [0.2, 0.25) is 0 Å². The number of pyridine rings is 1. The molecule has 3 heteroatoms. The van der Waals surface area contributed by atoms with Crippen LogP contribution < -0.4 is 9.47 Å². The molecule has 0 radical (unpaired) electrons. The van der Waals surface area contributed by atoms with Gasteiger partial charge in [0.05, 0.1) is 0 Å². The standard InChI is InChI=1S/C26H27N2S/c1-4-15-28-16-13-20(14-17-28)5-10-25-11-12-26(29-25)23-7-6-22-19-24(27(2)3)9-8-21(22)18-23/h5-14,16-19H,4,15H2,1-3H3/q+1. The lowest BCUT2D eigenvalue weighted by Gasteiger charge is -2.13. The molecule has 0 aliphatic carbocycles. The number of aryl methyl sites for hydroxylation is 1. The quantitative estimate of drug-likeness (QED) is 0.336. The Kier molecular flexibility index (Phi) is 5.77. The summed E-state index contributed by atoms with van der Waals surface area (Å²) in [6.45, 7) is 3.27. The Morgan fingerprint density at radius 3 is 2.38 bits per heavy atom. The zero-order valence-electron chi connectivity index (χ0n) is 17.3. The summed E-state index contributed by atoms with van der Waals surface area (Å²) < 4.78 is 2.22. The van der Waals surface area contributed by atoms with Crippen LogP contribution in [0.15, 0.2) is 73.1 Å². The maximum atomic E-state index is 2.29. The van der Waals surface area contributed by atoms with Crippen LogP contribution in [0, 0.1) is 0 Å². The number of anilines is 1. The minimum atomic E-state index is 1.07. The van der Waals surface area contributed by atoms with Crippen molar-refractivity contribution in [3.05, 3.63) is 83.5 Å².